The lowest BCUT2D eigenvalue weighted by molar-refractivity contribution is -0.304. The van der Waals surface area contributed by atoms with E-state index in [1.165, 1.54) is 0 Å². The van der Waals surface area contributed by atoms with Crippen LogP contribution in [0, 0.1) is 5.92 Å². The van der Waals surface area contributed by atoms with E-state index in [0.29, 0.717) is 0 Å². The lowest BCUT2D eigenvalue weighted by Crippen LogP contribution is -2.56. The van der Waals surface area contributed by atoms with Gasteiger partial charge in [0.05, 0.1) is 12.5 Å². The summed E-state index contributed by atoms with van der Waals surface area (Å²) in [6, 6.07) is -0.925. The zero-order valence-corrected chi connectivity index (χ0v) is 9.47. The van der Waals surface area contributed by atoms with E-state index in [2.05, 4.69) is 4.99 Å². The van der Waals surface area contributed by atoms with Crippen molar-refractivity contribution >= 4 is 35.9 Å². The van der Waals surface area contributed by atoms with E-state index in [0.717, 1.165) is 6.21 Å². The van der Waals surface area contributed by atoms with Gasteiger partial charge in [-0.15, -0.1) is 0 Å². The van der Waals surface area contributed by atoms with Crippen molar-refractivity contribution in [3.05, 3.63) is 0 Å². The number of imide groups is 2. The van der Waals surface area contributed by atoms with E-state index in [4.69, 9.17) is 0 Å². The number of rotatable bonds is 5. The number of aliphatic imine (C=N–C) groups is 1. The highest BCUT2D eigenvalue weighted by molar-refractivity contribution is 6.23. The number of hydrogen-bond donors (Lipinski definition) is 3. The third kappa shape index (κ3) is 4.53. The van der Waals surface area contributed by atoms with Crippen LogP contribution in [0.15, 0.2) is 4.99 Å². The molecule has 1 aliphatic rings. The molecule has 3 N–H and O–H groups in total. The van der Waals surface area contributed by atoms with Crippen LogP contribution >= 0.6 is 0 Å². The molecule has 0 saturated carbocycles. The summed E-state index contributed by atoms with van der Waals surface area (Å²) in [6.45, 7) is -1.12. The maximum atomic E-state index is 11.2. The van der Waals surface area contributed by atoms with Gasteiger partial charge in [-0.3, -0.25) is 30.0 Å². The van der Waals surface area contributed by atoms with Crippen LogP contribution in [-0.2, 0) is 19.2 Å². The number of nitrogens with zero attached hydrogens (tertiary/aromatic N) is 1. The highest BCUT2D eigenvalue weighted by atomic mass is 16.4. The number of urea groups is 1. The summed E-state index contributed by atoms with van der Waals surface area (Å²) in [7, 11) is 0. The number of barbiturate groups is 1. The van der Waals surface area contributed by atoms with E-state index < -0.39 is 48.7 Å². The molecule has 102 valence electrons. The monoisotopic (exact) mass is 269 g/mol. The van der Waals surface area contributed by atoms with E-state index in [1.807, 2.05) is 16.0 Å². The van der Waals surface area contributed by atoms with Gasteiger partial charge in [0, 0.05) is 6.21 Å². The van der Waals surface area contributed by atoms with E-state index in [1.54, 1.807) is 0 Å². The average molecular weight is 269 g/mol. The molecule has 0 aliphatic carbocycles. The Kier molecular flexibility index (Phi) is 4.69. The molecule has 10 nitrogen and oxygen atoms in total. The van der Waals surface area contributed by atoms with Crippen LogP contribution in [0.25, 0.3) is 0 Å². The minimum atomic E-state index is -1.46. The zero-order valence-electron chi connectivity index (χ0n) is 9.47. The predicted octanol–water partition coefficient (Wildman–Crippen LogP) is -4.09. The predicted molar refractivity (Wildman–Crippen MR) is 56.5 cm³/mol. The molecule has 10 heteroatoms. The Morgan fingerprint density at radius 1 is 1.26 bits per heavy atom. The minimum absolute atomic E-state index is 0.460. The summed E-state index contributed by atoms with van der Waals surface area (Å²) in [5.41, 5.74) is 0. The Morgan fingerprint density at radius 3 is 2.37 bits per heavy atom. The van der Waals surface area contributed by atoms with Crippen molar-refractivity contribution in [1.82, 2.24) is 16.0 Å². The maximum absolute atomic E-state index is 11.2. The third-order valence-corrected chi connectivity index (χ3v) is 1.96. The summed E-state index contributed by atoms with van der Waals surface area (Å²) >= 11 is 0. The van der Waals surface area contributed by atoms with Crippen LogP contribution in [0.3, 0.4) is 0 Å². The lowest BCUT2D eigenvalue weighted by Gasteiger charge is -2.16. The van der Waals surface area contributed by atoms with Crippen molar-refractivity contribution in [2.24, 2.45) is 10.9 Å². The summed E-state index contributed by atoms with van der Waals surface area (Å²) < 4.78 is 0. The molecule has 0 bridgehead atoms. The topological polar surface area (TPSA) is 157 Å². The van der Waals surface area contributed by atoms with E-state index >= 15 is 0 Å². The molecule has 0 aromatic rings. The smallest absolute Gasteiger partial charge is 0.328 e. The van der Waals surface area contributed by atoms with Gasteiger partial charge in [0.25, 0.3) is 0 Å². The van der Waals surface area contributed by atoms with E-state index in [-0.39, 0.29) is 0 Å². The van der Waals surface area contributed by atoms with Gasteiger partial charge in [0.2, 0.25) is 17.7 Å². The van der Waals surface area contributed by atoms with Gasteiger partial charge < -0.3 is 15.2 Å². The molecule has 1 saturated heterocycles. The molecule has 5 amide bonds. The number of carbonyl (C=O) groups excluding carboxylic acids is 5. The Hall–Kier alpha value is -2.78. The molecule has 0 atom stereocenters. The molecule has 0 aromatic carbocycles. The SMILES string of the molecule is O=C([O-])CNC(=O)CN=CC1C(=O)NC(=O)NC1=O. The summed E-state index contributed by atoms with van der Waals surface area (Å²) in [5, 5.41) is 15.7. The quantitative estimate of drug-likeness (QED) is 0.340. The highest BCUT2D eigenvalue weighted by Gasteiger charge is 2.32. The van der Waals surface area contributed by atoms with Gasteiger partial charge in [-0.2, -0.15) is 0 Å². The number of carboxylic acid groups (broad SMARTS) is 1. The summed E-state index contributed by atoms with van der Waals surface area (Å²) in [6.07, 6.45) is 0.899. The maximum Gasteiger partial charge on any atom is 0.328 e. The number of hydrogen-bond acceptors (Lipinski definition) is 7. The van der Waals surface area contributed by atoms with Gasteiger partial charge in [0.1, 0.15) is 6.54 Å². The van der Waals surface area contributed by atoms with Gasteiger partial charge in [0.15, 0.2) is 5.92 Å². The van der Waals surface area contributed by atoms with Crippen LogP contribution in [-0.4, -0.2) is 49.0 Å². The molecule has 1 heterocycles. The first-order chi connectivity index (χ1) is 8.90. The highest BCUT2D eigenvalue weighted by Crippen LogP contribution is 1.98. The second-order valence-corrected chi connectivity index (χ2v) is 3.42. The number of nitrogens with one attached hydrogen (secondary N) is 3. The fourth-order valence-electron chi connectivity index (χ4n) is 1.13. The molecule has 19 heavy (non-hydrogen) atoms. The molecule has 0 unspecified atom stereocenters. The van der Waals surface area contributed by atoms with Crippen molar-refractivity contribution in [3.8, 4) is 0 Å². The molecule has 0 radical (unpaired) electrons. The summed E-state index contributed by atoms with van der Waals surface area (Å²) in [5.74, 6) is -5.19. The third-order valence-electron chi connectivity index (χ3n) is 1.96. The molecule has 0 aromatic heterocycles. The number of amides is 5. The normalized spacial score (nSPS) is 16.1. The number of carboxylic acids is 1. The standard InChI is InChI=1S/C9H10N4O6/c14-5(11-3-6(15)16)2-10-1-4-7(17)12-9(19)13-8(4)18/h1,4H,2-3H2,(H,11,14)(H,15,16)(H2,12,13,17,18,19)/p-1. The van der Waals surface area contributed by atoms with Crippen molar-refractivity contribution in [2.75, 3.05) is 13.1 Å². The molecular formula is C9H9N4O6-. The van der Waals surface area contributed by atoms with Crippen LogP contribution in [0.5, 0.6) is 0 Å². The van der Waals surface area contributed by atoms with Crippen LogP contribution < -0.4 is 21.1 Å². The van der Waals surface area contributed by atoms with Gasteiger partial charge in [-0.05, 0) is 0 Å². The van der Waals surface area contributed by atoms with Gasteiger partial charge in [-0.25, -0.2) is 4.79 Å². The van der Waals surface area contributed by atoms with Crippen LogP contribution in [0.1, 0.15) is 0 Å². The van der Waals surface area contributed by atoms with E-state index in [9.17, 15) is 29.1 Å². The average Bonchev–Trinajstić information content (AvgIpc) is 2.29. The first kappa shape index (κ1) is 14.3. The fraction of sp³-hybridized carbons (Fsp3) is 0.333. The lowest BCUT2D eigenvalue weighted by atomic mass is 10.1. The first-order valence-electron chi connectivity index (χ1n) is 5.02. The molecule has 0 spiro atoms. The fourth-order valence-corrected chi connectivity index (χ4v) is 1.13. The molecule has 1 fully saturated rings. The van der Waals surface area contributed by atoms with Gasteiger partial charge >= 0.3 is 6.03 Å². The molecule has 1 rings (SSSR count). The van der Waals surface area contributed by atoms with Crippen molar-refractivity contribution < 1.29 is 29.1 Å². The van der Waals surface area contributed by atoms with Crippen molar-refractivity contribution in [3.63, 3.8) is 0 Å². The van der Waals surface area contributed by atoms with Crippen LogP contribution in [0.4, 0.5) is 4.79 Å². The number of aliphatic carboxylic acids is 1. The first-order valence-corrected chi connectivity index (χ1v) is 5.02. The second-order valence-electron chi connectivity index (χ2n) is 3.42. The molecular weight excluding hydrogens is 260 g/mol. The summed E-state index contributed by atoms with van der Waals surface area (Å²) in [4.78, 5) is 57.8. The second kappa shape index (κ2) is 6.23. The minimum Gasteiger partial charge on any atom is -0.548 e. The Morgan fingerprint density at radius 2 is 1.84 bits per heavy atom. The van der Waals surface area contributed by atoms with Crippen molar-refractivity contribution in [2.45, 2.75) is 0 Å². The number of carbonyl (C=O) groups is 5. The van der Waals surface area contributed by atoms with Crippen molar-refractivity contribution in [1.29, 1.82) is 0 Å². The Balaban J connectivity index is 2.45. The van der Waals surface area contributed by atoms with Gasteiger partial charge in [-0.1, -0.05) is 0 Å². The largest absolute Gasteiger partial charge is 0.548 e. The zero-order chi connectivity index (χ0) is 14.4. The Labute approximate surface area is 106 Å². The molecule has 1 aliphatic heterocycles. The Bertz CT molecular complexity index is 451. The van der Waals surface area contributed by atoms with Crippen LogP contribution in [0.2, 0.25) is 0 Å².